The van der Waals surface area contributed by atoms with Crippen molar-refractivity contribution in [1.82, 2.24) is 9.80 Å². The Morgan fingerprint density at radius 2 is 1.63 bits per heavy atom. The van der Waals surface area contributed by atoms with E-state index in [9.17, 15) is 18.8 Å². The van der Waals surface area contributed by atoms with Crippen LogP contribution in [-0.4, -0.2) is 60.2 Å². The molecule has 0 N–H and O–H groups in total. The van der Waals surface area contributed by atoms with Crippen LogP contribution in [0.4, 0.5) is 10.1 Å². The average molecular weight is 375 g/mol. The van der Waals surface area contributed by atoms with Crippen molar-refractivity contribution in [3.8, 4) is 0 Å². The first kappa shape index (κ1) is 19.3. The molecule has 2 fully saturated rings. The van der Waals surface area contributed by atoms with E-state index in [0.29, 0.717) is 26.2 Å². The largest absolute Gasteiger partial charge is 0.339 e. The van der Waals surface area contributed by atoms with Gasteiger partial charge in [-0.25, -0.2) is 4.39 Å². The molecule has 146 valence electrons. The minimum absolute atomic E-state index is 0.0800. The van der Waals surface area contributed by atoms with Crippen molar-refractivity contribution in [2.45, 2.75) is 27.2 Å². The second-order valence-electron chi connectivity index (χ2n) is 8.22. The molecule has 1 aromatic rings. The maximum Gasteiger partial charge on any atom is 0.228 e. The number of carbonyl (C=O) groups is 3. The summed E-state index contributed by atoms with van der Waals surface area (Å²) in [6.07, 6.45) is 0.0916. The Hall–Kier alpha value is -2.44. The number of carbonyl (C=O) groups excluding carboxylic acids is 3. The van der Waals surface area contributed by atoms with Gasteiger partial charge in [0.1, 0.15) is 5.82 Å². The van der Waals surface area contributed by atoms with Crippen LogP contribution in [-0.2, 0) is 14.4 Å². The maximum absolute atomic E-state index is 14.0. The lowest BCUT2D eigenvalue weighted by atomic mass is 9.94. The summed E-state index contributed by atoms with van der Waals surface area (Å²) in [5.74, 6) is -1.18. The van der Waals surface area contributed by atoms with Gasteiger partial charge in [0, 0.05) is 44.6 Å². The molecule has 6 nitrogen and oxygen atoms in total. The monoisotopic (exact) mass is 375 g/mol. The number of rotatable bonds is 2. The maximum atomic E-state index is 14.0. The molecule has 27 heavy (non-hydrogen) atoms. The highest BCUT2D eigenvalue weighted by molar-refractivity contribution is 6.00. The predicted molar refractivity (Wildman–Crippen MR) is 99.5 cm³/mol. The summed E-state index contributed by atoms with van der Waals surface area (Å²) in [5, 5.41) is 0. The number of para-hydroxylation sites is 1. The van der Waals surface area contributed by atoms with E-state index in [1.165, 1.54) is 11.0 Å². The molecule has 3 amide bonds. The molecule has 1 aromatic carbocycles. The topological polar surface area (TPSA) is 60.9 Å². The number of nitrogens with zero attached hydrogens (tertiary/aromatic N) is 3. The van der Waals surface area contributed by atoms with Gasteiger partial charge >= 0.3 is 0 Å². The first-order chi connectivity index (χ1) is 12.7. The third-order valence-electron chi connectivity index (χ3n) is 5.14. The van der Waals surface area contributed by atoms with Crippen LogP contribution in [0, 0.1) is 17.2 Å². The molecule has 0 aliphatic carbocycles. The molecule has 3 rings (SSSR count). The van der Waals surface area contributed by atoms with Crippen LogP contribution in [0.5, 0.6) is 0 Å². The number of amides is 3. The van der Waals surface area contributed by atoms with E-state index >= 15 is 0 Å². The molecule has 0 saturated carbocycles. The standard InChI is InChI=1S/C20H26FN3O3/c1-20(2,3)19(27)23-10-8-22(9-11-23)18(26)14-12-17(25)24(13-14)16-7-5-4-6-15(16)21/h4-7,14H,8-13H2,1-3H3. The predicted octanol–water partition coefficient (Wildman–Crippen LogP) is 1.90. The lowest BCUT2D eigenvalue weighted by molar-refractivity contribution is -0.146. The van der Waals surface area contributed by atoms with E-state index in [1.54, 1.807) is 28.0 Å². The van der Waals surface area contributed by atoms with Crippen molar-refractivity contribution in [3.63, 3.8) is 0 Å². The van der Waals surface area contributed by atoms with Gasteiger partial charge in [0.25, 0.3) is 0 Å². The summed E-state index contributed by atoms with van der Waals surface area (Å²) in [5.41, 5.74) is -0.219. The van der Waals surface area contributed by atoms with Gasteiger partial charge in [0.15, 0.2) is 0 Å². The number of piperazine rings is 1. The van der Waals surface area contributed by atoms with Crippen LogP contribution in [0.3, 0.4) is 0 Å². The molecular formula is C20H26FN3O3. The van der Waals surface area contributed by atoms with Crippen molar-refractivity contribution in [2.75, 3.05) is 37.6 Å². The smallest absolute Gasteiger partial charge is 0.228 e. The van der Waals surface area contributed by atoms with Gasteiger partial charge in [0.05, 0.1) is 11.6 Å². The van der Waals surface area contributed by atoms with Gasteiger partial charge in [-0.2, -0.15) is 0 Å². The fourth-order valence-corrected chi connectivity index (χ4v) is 3.64. The molecule has 7 heteroatoms. The molecule has 0 spiro atoms. The lowest BCUT2D eigenvalue weighted by Gasteiger charge is -2.38. The number of benzene rings is 1. The van der Waals surface area contributed by atoms with Crippen LogP contribution >= 0.6 is 0 Å². The van der Waals surface area contributed by atoms with Gasteiger partial charge in [-0.05, 0) is 12.1 Å². The van der Waals surface area contributed by atoms with Crippen LogP contribution in [0.2, 0.25) is 0 Å². The second kappa shape index (κ2) is 7.29. The van der Waals surface area contributed by atoms with Crippen LogP contribution in [0.15, 0.2) is 24.3 Å². The first-order valence-corrected chi connectivity index (χ1v) is 9.31. The highest BCUT2D eigenvalue weighted by Gasteiger charge is 2.39. The third-order valence-corrected chi connectivity index (χ3v) is 5.14. The fourth-order valence-electron chi connectivity index (χ4n) is 3.64. The Kier molecular flexibility index (Phi) is 5.22. The molecular weight excluding hydrogens is 349 g/mol. The van der Waals surface area contributed by atoms with Crippen LogP contribution in [0.1, 0.15) is 27.2 Å². The quantitative estimate of drug-likeness (QED) is 0.793. The van der Waals surface area contributed by atoms with Gasteiger partial charge in [-0.15, -0.1) is 0 Å². The van der Waals surface area contributed by atoms with Gasteiger partial charge in [-0.1, -0.05) is 32.9 Å². The second-order valence-corrected chi connectivity index (χ2v) is 8.22. The molecule has 1 unspecified atom stereocenters. The van der Waals surface area contributed by atoms with E-state index in [-0.39, 0.29) is 36.4 Å². The van der Waals surface area contributed by atoms with E-state index in [0.717, 1.165) is 0 Å². The van der Waals surface area contributed by atoms with Crippen molar-refractivity contribution in [2.24, 2.45) is 11.3 Å². The molecule has 0 radical (unpaired) electrons. The van der Waals surface area contributed by atoms with Crippen LogP contribution in [0.25, 0.3) is 0 Å². The minimum atomic E-state index is -0.470. The summed E-state index contributed by atoms with van der Waals surface area (Å²) in [6.45, 7) is 7.77. The van der Waals surface area contributed by atoms with Crippen molar-refractivity contribution in [1.29, 1.82) is 0 Å². The zero-order chi connectivity index (χ0) is 19.8. The highest BCUT2D eigenvalue weighted by Crippen LogP contribution is 2.28. The van der Waals surface area contributed by atoms with Gasteiger partial charge < -0.3 is 14.7 Å². The molecule has 2 saturated heterocycles. The van der Waals surface area contributed by atoms with Crippen molar-refractivity contribution >= 4 is 23.4 Å². The molecule has 0 aromatic heterocycles. The summed E-state index contributed by atoms with van der Waals surface area (Å²) in [4.78, 5) is 42.4. The summed E-state index contributed by atoms with van der Waals surface area (Å²) < 4.78 is 14.0. The zero-order valence-electron chi connectivity index (χ0n) is 16.1. The van der Waals surface area contributed by atoms with Crippen molar-refractivity contribution < 1.29 is 18.8 Å². The van der Waals surface area contributed by atoms with E-state index in [2.05, 4.69) is 0 Å². The fraction of sp³-hybridized carbons (Fsp3) is 0.550. The van der Waals surface area contributed by atoms with E-state index in [1.807, 2.05) is 20.8 Å². The SMILES string of the molecule is CC(C)(C)C(=O)N1CCN(C(=O)C2CC(=O)N(c3ccccc3F)C2)CC1. The first-order valence-electron chi connectivity index (χ1n) is 9.31. The molecule has 2 aliphatic heterocycles. The average Bonchev–Trinajstić information content (AvgIpc) is 3.02. The normalized spacial score (nSPS) is 21.0. The Labute approximate surface area is 158 Å². The summed E-state index contributed by atoms with van der Waals surface area (Å²) in [6, 6.07) is 6.10. The molecule has 1 atom stereocenters. The minimum Gasteiger partial charge on any atom is -0.339 e. The molecule has 2 aliphatic rings. The van der Waals surface area contributed by atoms with Gasteiger partial charge in [0.2, 0.25) is 17.7 Å². The number of anilines is 1. The summed E-state index contributed by atoms with van der Waals surface area (Å²) >= 11 is 0. The van der Waals surface area contributed by atoms with E-state index < -0.39 is 17.2 Å². The van der Waals surface area contributed by atoms with E-state index in [4.69, 9.17) is 0 Å². The lowest BCUT2D eigenvalue weighted by Crippen LogP contribution is -2.54. The van der Waals surface area contributed by atoms with Crippen LogP contribution < -0.4 is 4.90 Å². The van der Waals surface area contributed by atoms with Gasteiger partial charge in [-0.3, -0.25) is 14.4 Å². The Bertz CT molecular complexity index is 751. The highest BCUT2D eigenvalue weighted by atomic mass is 19.1. The Morgan fingerprint density at radius 1 is 1.04 bits per heavy atom. The molecule has 2 heterocycles. The zero-order valence-corrected chi connectivity index (χ0v) is 16.1. The number of hydrogen-bond donors (Lipinski definition) is 0. The number of halogens is 1. The Balaban J connectivity index is 1.61. The Morgan fingerprint density at radius 3 is 2.22 bits per heavy atom. The van der Waals surface area contributed by atoms with Crippen molar-refractivity contribution in [3.05, 3.63) is 30.1 Å². The molecule has 0 bridgehead atoms. The summed E-state index contributed by atoms with van der Waals surface area (Å²) in [7, 11) is 0. The number of hydrogen-bond acceptors (Lipinski definition) is 3. The third kappa shape index (κ3) is 3.96.